The van der Waals surface area contributed by atoms with Gasteiger partial charge in [-0.2, -0.15) is 4.31 Å². The van der Waals surface area contributed by atoms with E-state index in [4.69, 9.17) is 9.15 Å². The second kappa shape index (κ2) is 6.48. The lowest BCUT2D eigenvalue weighted by molar-refractivity contribution is 0.121. The van der Waals surface area contributed by atoms with Gasteiger partial charge in [-0.15, -0.1) is 0 Å². The predicted octanol–water partition coefficient (Wildman–Crippen LogP) is 1.44. The van der Waals surface area contributed by atoms with Crippen LogP contribution >= 0.6 is 0 Å². The second-order valence-corrected chi connectivity index (χ2v) is 7.36. The van der Waals surface area contributed by atoms with Crippen LogP contribution in [0.2, 0.25) is 0 Å². The van der Waals surface area contributed by atoms with Crippen molar-refractivity contribution in [2.75, 3.05) is 26.8 Å². The van der Waals surface area contributed by atoms with E-state index in [0.29, 0.717) is 42.7 Å². The Morgan fingerprint density at radius 2 is 1.90 bits per heavy atom. The van der Waals surface area contributed by atoms with E-state index in [2.05, 4.69) is 0 Å². The molecule has 1 aromatic heterocycles. The number of rotatable bonds is 5. The molecule has 0 aromatic carbocycles. The van der Waals surface area contributed by atoms with Gasteiger partial charge in [-0.3, -0.25) is 0 Å². The van der Waals surface area contributed by atoms with Crippen LogP contribution in [0, 0.1) is 19.8 Å². The zero-order valence-corrected chi connectivity index (χ0v) is 13.6. The van der Waals surface area contributed by atoms with Gasteiger partial charge in [-0.1, -0.05) is 0 Å². The van der Waals surface area contributed by atoms with Gasteiger partial charge in [0.25, 0.3) is 0 Å². The van der Waals surface area contributed by atoms with E-state index in [-0.39, 0.29) is 11.5 Å². The Morgan fingerprint density at radius 1 is 1.29 bits per heavy atom. The average molecular weight is 317 g/mol. The van der Waals surface area contributed by atoms with Gasteiger partial charge in [-0.25, -0.2) is 8.42 Å². The lowest BCUT2D eigenvalue weighted by Gasteiger charge is -2.30. The molecule has 2 heterocycles. The van der Waals surface area contributed by atoms with Crippen LogP contribution < -0.4 is 0 Å². The van der Waals surface area contributed by atoms with Gasteiger partial charge >= 0.3 is 0 Å². The fraction of sp³-hybridized carbons (Fsp3) is 0.714. The summed E-state index contributed by atoms with van der Waals surface area (Å²) in [4.78, 5) is 0.132. The number of ether oxygens (including phenoxy) is 1. The summed E-state index contributed by atoms with van der Waals surface area (Å²) in [6.07, 6.45) is 1.58. The van der Waals surface area contributed by atoms with Gasteiger partial charge in [0.15, 0.2) is 0 Å². The van der Waals surface area contributed by atoms with E-state index in [1.165, 1.54) is 4.31 Å². The van der Waals surface area contributed by atoms with Crippen LogP contribution in [0.25, 0.3) is 0 Å². The van der Waals surface area contributed by atoms with Crippen molar-refractivity contribution in [2.45, 2.75) is 38.2 Å². The van der Waals surface area contributed by atoms with Crippen LogP contribution in [0.5, 0.6) is 0 Å². The Balaban J connectivity index is 2.24. The molecule has 1 aliphatic rings. The third-order valence-electron chi connectivity index (χ3n) is 4.06. The fourth-order valence-electron chi connectivity index (χ4n) is 2.91. The van der Waals surface area contributed by atoms with E-state index in [1.807, 2.05) is 0 Å². The third-order valence-corrected chi connectivity index (χ3v) is 6.15. The zero-order valence-electron chi connectivity index (χ0n) is 12.8. The van der Waals surface area contributed by atoms with E-state index < -0.39 is 10.0 Å². The van der Waals surface area contributed by atoms with Crippen molar-refractivity contribution in [3.05, 3.63) is 17.1 Å². The number of furan rings is 1. The highest BCUT2D eigenvalue weighted by molar-refractivity contribution is 7.89. The summed E-state index contributed by atoms with van der Waals surface area (Å²) in [6.45, 7) is 4.58. The maximum Gasteiger partial charge on any atom is 0.246 e. The molecule has 0 aliphatic carbocycles. The van der Waals surface area contributed by atoms with Gasteiger partial charge in [-0.05, 0) is 32.6 Å². The van der Waals surface area contributed by atoms with Crippen molar-refractivity contribution in [1.29, 1.82) is 0 Å². The summed E-state index contributed by atoms with van der Waals surface area (Å²) in [5.41, 5.74) is 0.367. The van der Waals surface area contributed by atoms with E-state index in [9.17, 15) is 13.5 Å². The predicted molar refractivity (Wildman–Crippen MR) is 77.5 cm³/mol. The topological polar surface area (TPSA) is 80.0 Å². The number of piperidine rings is 1. The largest absolute Gasteiger partial charge is 0.465 e. The number of aliphatic hydroxyl groups is 1. The van der Waals surface area contributed by atoms with Gasteiger partial charge in [0.2, 0.25) is 10.0 Å². The molecule has 21 heavy (non-hydrogen) atoms. The van der Waals surface area contributed by atoms with Crippen molar-refractivity contribution in [3.63, 3.8) is 0 Å². The summed E-state index contributed by atoms with van der Waals surface area (Å²) in [5, 5.41) is 9.43. The van der Waals surface area contributed by atoms with Gasteiger partial charge < -0.3 is 14.3 Å². The monoisotopic (exact) mass is 317 g/mol. The summed E-state index contributed by atoms with van der Waals surface area (Å²) in [7, 11) is -1.95. The van der Waals surface area contributed by atoms with Gasteiger partial charge in [0.05, 0.1) is 6.61 Å². The number of hydrogen-bond acceptors (Lipinski definition) is 5. The number of aryl methyl sites for hydroxylation is 2. The molecule has 1 saturated heterocycles. The van der Waals surface area contributed by atoms with Gasteiger partial charge in [0.1, 0.15) is 16.4 Å². The highest BCUT2D eigenvalue weighted by atomic mass is 32.2. The Kier molecular flexibility index (Phi) is 5.08. The van der Waals surface area contributed by atoms with Crippen LogP contribution in [0.1, 0.15) is 29.9 Å². The number of nitrogens with zero attached hydrogens (tertiary/aromatic N) is 1. The van der Waals surface area contributed by atoms with Crippen LogP contribution in [-0.4, -0.2) is 44.6 Å². The molecule has 0 saturated carbocycles. The normalized spacial score (nSPS) is 18.3. The van der Waals surface area contributed by atoms with Crippen LogP contribution in [0.4, 0.5) is 0 Å². The maximum absolute atomic E-state index is 12.8. The molecule has 7 heteroatoms. The molecule has 6 nitrogen and oxygen atoms in total. The number of hydrogen-bond donors (Lipinski definition) is 1. The van der Waals surface area contributed by atoms with Gasteiger partial charge in [0, 0.05) is 32.4 Å². The van der Waals surface area contributed by atoms with Crippen molar-refractivity contribution >= 4 is 10.0 Å². The SMILES string of the molecule is COCC1CCN(S(=O)(=O)c2c(C)oc(C)c2CO)CC1. The standard InChI is InChI=1S/C14H23NO5S/c1-10-13(8-16)14(11(2)20-10)21(17,18)15-6-4-12(5-7-15)9-19-3/h12,16H,4-9H2,1-3H3. The molecular formula is C14H23NO5S. The molecular weight excluding hydrogens is 294 g/mol. The summed E-state index contributed by atoms with van der Waals surface area (Å²) in [6, 6.07) is 0. The minimum atomic E-state index is -3.61. The van der Waals surface area contributed by atoms with Crippen molar-refractivity contribution < 1.29 is 22.7 Å². The summed E-state index contributed by atoms with van der Waals surface area (Å²) < 4.78 is 37.6. The average Bonchev–Trinajstić information content (AvgIpc) is 2.74. The Labute approximate surface area is 125 Å². The first-order valence-electron chi connectivity index (χ1n) is 7.10. The molecule has 0 amide bonds. The minimum Gasteiger partial charge on any atom is -0.465 e. The number of aliphatic hydroxyl groups excluding tert-OH is 1. The Hall–Kier alpha value is -0.890. The molecule has 1 aliphatic heterocycles. The zero-order chi connectivity index (χ0) is 15.6. The first kappa shape index (κ1) is 16.5. The minimum absolute atomic E-state index is 0.132. The molecule has 0 bridgehead atoms. The Morgan fingerprint density at radius 3 is 2.43 bits per heavy atom. The molecule has 1 aromatic rings. The molecule has 0 atom stereocenters. The molecule has 0 radical (unpaired) electrons. The first-order valence-corrected chi connectivity index (χ1v) is 8.54. The lowest BCUT2D eigenvalue weighted by atomic mass is 9.99. The molecule has 0 unspecified atom stereocenters. The highest BCUT2D eigenvalue weighted by Gasteiger charge is 2.34. The highest BCUT2D eigenvalue weighted by Crippen LogP contribution is 2.31. The fourth-order valence-corrected chi connectivity index (χ4v) is 4.79. The molecule has 1 fully saturated rings. The van der Waals surface area contributed by atoms with E-state index in [0.717, 1.165) is 12.8 Å². The molecule has 2 rings (SSSR count). The molecule has 1 N–H and O–H groups in total. The smallest absolute Gasteiger partial charge is 0.246 e. The summed E-state index contributed by atoms with van der Waals surface area (Å²) >= 11 is 0. The van der Waals surface area contributed by atoms with Crippen molar-refractivity contribution in [2.24, 2.45) is 5.92 Å². The third kappa shape index (κ3) is 3.15. The van der Waals surface area contributed by atoms with Crippen LogP contribution in [0.3, 0.4) is 0 Å². The van der Waals surface area contributed by atoms with Crippen molar-refractivity contribution in [3.8, 4) is 0 Å². The van der Waals surface area contributed by atoms with Crippen LogP contribution in [-0.2, 0) is 21.4 Å². The maximum atomic E-state index is 12.8. The quantitative estimate of drug-likeness (QED) is 0.889. The number of sulfonamides is 1. The summed E-state index contributed by atoms with van der Waals surface area (Å²) in [5.74, 6) is 1.21. The van der Waals surface area contributed by atoms with Crippen LogP contribution in [0.15, 0.2) is 9.31 Å². The lowest BCUT2D eigenvalue weighted by Crippen LogP contribution is -2.39. The second-order valence-electron chi connectivity index (χ2n) is 5.48. The first-order chi connectivity index (χ1) is 9.91. The van der Waals surface area contributed by atoms with Crippen molar-refractivity contribution in [1.82, 2.24) is 4.31 Å². The van der Waals surface area contributed by atoms with E-state index >= 15 is 0 Å². The number of methoxy groups -OCH3 is 1. The molecule has 120 valence electrons. The van der Waals surface area contributed by atoms with E-state index in [1.54, 1.807) is 21.0 Å². The molecule has 0 spiro atoms. The Bertz CT molecular complexity index is 585.